The molecule has 108 valence electrons. The quantitative estimate of drug-likeness (QED) is 0.762. The van der Waals surface area contributed by atoms with Gasteiger partial charge in [0.2, 0.25) is 0 Å². The second kappa shape index (κ2) is 5.94. The maximum Gasteiger partial charge on any atom is 0.0202 e. The number of nitrogens with one attached hydrogen (secondary N) is 1. The van der Waals surface area contributed by atoms with Crippen molar-refractivity contribution in [3.8, 4) is 0 Å². The van der Waals surface area contributed by atoms with Crippen molar-refractivity contribution in [1.29, 1.82) is 0 Å². The van der Waals surface area contributed by atoms with Gasteiger partial charge in [0.1, 0.15) is 0 Å². The average molecular weight is 263 g/mol. The first-order valence-corrected chi connectivity index (χ1v) is 8.05. The lowest BCUT2D eigenvalue weighted by Gasteiger charge is -2.46. The van der Waals surface area contributed by atoms with Gasteiger partial charge in [-0.1, -0.05) is 6.58 Å². The molecule has 0 aromatic carbocycles. The van der Waals surface area contributed by atoms with E-state index in [0.29, 0.717) is 0 Å². The van der Waals surface area contributed by atoms with Gasteiger partial charge in [0, 0.05) is 31.7 Å². The zero-order valence-electron chi connectivity index (χ0n) is 12.4. The molecule has 19 heavy (non-hydrogen) atoms. The molecule has 3 rings (SSSR count). The Balaban J connectivity index is 1.43. The van der Waals surface area contributed by atoms with Crippen molar-refractivity contribution in [3.63, 3.8) is 0 Å². The van der Waals surface area contributed by atoms with Crippen LogP contribution in [0, 0.1) is 5.92 Å². The molecule has 2 atom stereocenters. The molecule has 1 N–H and O–H groups in total. The molecule has 0 aromatic heterocycles. The Kier molecular flexibility index (Phi) is 4.25. The first-order valence-electron chi connectivity index (χ1n) is 8.05. The Morgan fingerprint density at radius 2 is 2.05 bits per heavy atom. The van der Waals surface area contributed by atoms with E-state index < -0.39 is 0 Å². The van der Waals surface area contributed by atoms with Gasteiger partial charge in [-0.15, -0.1) is 0 Å². The van der Waals surface area contributed by atoms with Crippen LogP contribution in [0.3, 0.4) is 0 Å². The van der Waals surface area contributed by atoms with Crippen molar-refractivity contribution in [1.82, 2.24) is 15.1 Å². The molecule has 3 fully saturated rings. The molecule has 0 bridgehead atoms. The predicted molar refractivity (Wildman–Crippen MR) is 80.4 cm³/mol. The Morgan fingerprint density at radius 3 is 2.84 bits per heavy atom. The zero-order chi connectivity index (χ0) is 13.2. The van der Waals surface area contributed by atoms with Crippen LogP contribution in [0.15, 0.2) is 12.2 Å². The molecule has 1 aliphatic carbocycles. The molecule has 0 amide bonds. The molecule has 0 spiro atoms. The highest BCUT2D eigenvalue weighted by Gasteiger charge is 2.34. The lowest BCUT2D eigenvalue weighted by atomic mass is 9.84. The number of fused-ring (bicyclic) bond motifs is 1. The first-order chi connectivity index (χ1) is 9.22. The van der Waals surface area contributed by atoms with Crippen LogP contribution in [-0.2, 0) is 0 Å². The van der Waals surface area contributed by atoms with Gasteiger partial charge in [-0.3, -0.25) is 4.90 Å². The third-order valence-corrected chi connectivity index (χ3v) is 5.10. The largest absolute Gasteiger partial charge is 0.310 e. The summed E-state index contributed by atoms with van der Waals surface area (Å²) < 4.78 is 0. The highest BCUT2D eigenvalue weighted by atomic mass is 15.2. The minimum absolute atomic E-state index is 0.800. The summed E-state index contributed by atoms with van der Waals surface area (Å²) in [6.45, 7) is 10.2. The van der Waals surface area contributed by atoms with Gasteiger partial charge in [0.25, 0.3) is 0 Å². The zero-order valence-corrected chi connectivity index (χ0v) is 12.4. The molecule has 0 aromatic rings. The van der Waals surface area contributed by atoms with Crippen LogP contribution in [0.25, 0.3) is 0 Å². The summed E-state index contributed by atoms with van der Waals surface area (Å²) in [4.78, 5) is 5.23. The summed E-state index contributed by atoms with van der Waals surface area (Å²) in [5, 5.41) is 3.57. The van der Waals surface area contributed by atoms with E-state index in [0.717, 1.165) is 31.1 Å². The van der Waals surface area contributed by atoms with Crippen LogP contribution in [0.5, 0.6) is 0 Å². The van der Waals surface area contributed by atoms with Gasteiger partial charge >= 0.3 is 0 Å². The lowest BCUT2D eigenvalue weighted by molar-refractivity contribution is 0.0422. The maximum absolute atomic E-state index is 4.25. The minimum Gasteiger partial charge on any atom is -0.310 e. The number of nitrogens with zero attached hydrogens (tertiary/aromatic N) is 2. The summed E-state index contributed by atoms with van der Waals surface area (Å²) >= 11 is 0. The number of hydrogen-bond acceptors (Lipinski definition) is 3. The van der Waals surface area contributed by atoms with Gasteiger partial charge in [0.15, 0.2) is 0 Å². The van der Waals surface area contributed by atoms with Crippen molar-refractivity contribution in [2.45, 2.75) is 44.2 Å². The maximum atomic E-state index is 4.25. The summed E-state index contributed by atoms with van der Waals surface area (Å²) in [5.74, 6) is 0.900. The Labute approximate surface area is 118 Å². The van der Waals surface area contributed by atoms with E-state index in [2.05, 4.69) is 28.7 Å². The van der Waals surface area contributed by atoms with E-state index in [1.165, 1.54) is 57.3 Å². The molecule has 2 saturated heterocycles. The second-order valence-corrected chi connectivity index (χ2v) is 6.88. The van der Waals surface area contributed by atoms with Gasteiger partial charge in [0.05, 0.1) is 0 Å². The average Bonchev–Trinajstić information content (AvgIpc) is 3.20. The van der Waals surface area contributed by atoms with Crippen LogP contribution < -0.4 is 5.32 Å². The normalized spacial score (nSPS) is 33.1. The van der Waals surface area contributed by atoms with Gasteiger partial charge in [-0.05, 0) is 63.7 Å². The highest BCUT2D eigenvalue weighted by molar-refractivity contribution is 5.03. The number of piperidine rings is 2. The Morgan fingerprint density at radius 1 is 1.21 bits per heavy atom. The molecular formula is C16H29N3. The topological polar surface area (TPSA) is 18.5 Å². The van der Waals surface area contributed by atoms with Gasteiger partial charge in [-0.2, -0.15) is 0 Å². The van der Waals surface area contributed by atoms with Crippen LogP contribution in [-0.4, -0.2) is 61.7 Å². The summed E-state index contributed by atoms with van der Waals surface area (Å²) in [6, 6.07) is 1.65. The fourth-order valence-corrected chi connectivity index (χ4v) is 3.82. The van der Waals surface area contributed by atoms with E-state index >= 15 is 0 Å². The predicted octanol–water partition coefficient (Wildman–Crippen LogP) is 1.71. The number of hydrogen-bond donors (Lipinski definition) is 1. The summed E-state index contributed by atoms with van der Waals surface area (Å²) in [5.41, 5.74) is 1.37. The molecule has 1 saturated carbocycles. The number of likely N-dealkylation sites (tertiary alicyclic amines) is 2. The van der Waals surface area contributed by atoms with Crippen molar-refractivity contribution in [3.05, 3.63) is 12.2 Å². The standard InChI is InChI=1S/C16H29N3/c1-13(10-17-15-5-6-15)11-19-9-7-16-14(12-19)4-3-8-18(16)2/h14-17H,1,3-12H2,2H3. The molecule has 2 heterocycles. The summed E-state index contributed by atoms with van der Waals surface area (Å²) in [7, 11) is 2.31. The summed E-state index contributed by atoms with van der Waals surface area (Å²) in [6.07, 6.45) is 6.90. The molecule has 3 heteroatoms. The number of rotatable bonds is 5. The second-order valence-electron chi connectivity index (χ2n) is 6.88. The molecule has 2 aliphatic heterocycles. The van der Waals surface area contributed by atoms with E-state index in [1.54, 1.807) is 0 Å². The van der Waals surface area contributed by atoms with Crippen LogP contribution >= 0.6 is 0 Å². The van der Waals surface area contributed by atoms with E-state index in [1.807, 2.05) is 0 Å². The fourth-order valence-electron chi connectivity index (χ4n) is 3.82. The van der Waals surface area contributed by atoms with Crippen molar-refractivity contribution in [2.24, 2.45) is 5.92 Å². The Hall–Kier alpha value is -0.380. The Bertz CT molecular complexity index is 324. The third kappa shape index (κ3) is 3.59. The van der Waals surface area contributed by atoms with Gasteiger partial charge < -0.3 is 10.2 Å². The smallest absolute Gasteiger partial charge is 0.0202 e. The van der Waals surface area contributed by atoms with Crippen molar-refractivity contribution >= 4 is 0 Å². The first kappa shape index (κ1) is 13.6. The third-order valence-electron chi connectivity index (χ3n) is 5.10. The van der Waals surface area contributed by atoms with Crippen molar-refractivity contribution < 1.29 is 0 Å². The van der Waals surface area contributed by atoms with Crippen molar-refractivity contribution in [2.75, 3.05) is 39.8 Å². The monoisotopic (exact) mass is 263 g/mol. The van der Waals surface area contributed by atoms with Crippen LogP contribution in [0.4, 0.5) is 0 Å². The van der Waals surface area contributed by atoms with Crippen LogP contribution in [0.1, 0.15) is 32.1 Å². The molecule has 2 unspecified atom stereocenters. The molecule has 0 radical (unpaired) electrons. The minimum atomic E-state index is 0.800. The molecule has 3 aliphatic rings. The lowest BCUT2D eigenvalue weighted by Crippen LogP contribution is -2.53. The van der Waals surface area contributed by atoms with E-state index in [-0.39, 0.29) is 0 Å². The van der Waals surface area contributed by atoms with E-state index in [4.69, 9.17) is 0 Å². The molecule has 3 nitrogen and oxygen atoms in total. The van der Waals surface area contributed by atoms with E-state index in [9.17, 15) is 0 Å². The van der Waals surface area contributed by atoms with Crippen LogP contribution in [0.2, 0.25) is 0 Å². The SMILES string of the molecule is C=C(CNC1CC1)CN1CCC2C(CCCN2C)C1. The highest BCUT2D eigenvalue weighted by Crippen LogP contribution is 2.29. The fraction of sp³-hybridized carbons (Fsp3) is 0.875. The van der Waals surface area contributed by atoms with Gasteiger partial charge in [-0.25, -0.2) is 0 Å². The molecular weight excluding hydrogens is 234 g/mol.